The molecule has 2 aliphatic rings. The zero-order valence-electron chi connectivity index (χ0n) is 11.2. The molecule has 1 atom stereocenters. The molecule has 0 spiro atoms. The van der Waals surface area contributed by atoms with Crippen molar-refractivity contribution < 1.29 is 14.3 Å². The minimum absolute atomic E-state index is 0.00194. The number of hydrogen-bond donors (Lipinski definition) is 1. The molecule has 102 valence electrons. The largest absolute Gasteiger partial charge is 0.378 e. The van der Waals surface area contributed by atoms with Gasteiger partial charge in [-0.3, -0.25) is 9.59 Å². The van der Waals surface area contributed by atoms with Gasteiger partial charge in [-0.15, -0.1) is 0 Å². The molecular weight excluding hydrogens is 232 g/mol. The summed E-state index contributed by atoms with van der Waals surface area (Å²) in [6.45, 7) is 5.10. The quantitative estimate of drug-likeness (QED) is 0.806. The van der Waals surface area contributed by atoms with Gasteiger partial charge in [-0.1, -0.05) is 0 Å². The van der Waals surface area contributed by atoms with Crippen molar-refractivity contribution >= 4 is 11.8 Å². The molecule has 0 radical (unpaired) electrons. The Labute approximate surface area is 108 Å². The molecule has 0 bridgehead atoms. The van der Waals surface area contributed by atoms with Crippen LogP contribution in [0.15, 0.2) is 0 Å². The Hall–Kier alpha value is -1.10. The minimum atomic E-state index is -0.775. The molecule has 1 N–H and O–H groups in total. The Kier molecular flexibility index (Phi) is 3.90. The van der Waals surface area contributed by atoms with Gasteiger partial charge in [0.05, 0.1) is 12.6 Å². The summed E-state index contributed by atoms with van der Waals surface area (Å²) in [7, 11) is 0. The first-order chi connectivity index (χ1) is 8.49. The summed E-state index contributed by atoms with van der Waals surface area (Å²) < 4.78 is 5.64. The minimum Gasteiger partial charge on any atom is -0.378 e. The molecule has 2 heterocycles. The Bertz CT molecular complexity index is 335. The maximum atomic E-state index is 12.1. The second-order valence-corrected chi connectivity index (χ2v) is 5.68. The van der Waals surface area contributed by atoms with Gasteiger partial charge in [0.25, 0.3) is 0 Å². The van der Waals surface area contributed by atoms with E-state index in [-0.39, 0.29) is 24.5 Å². The lowest BCUT2D eigenvalue weighted by molar-refractivity contribution is -0.148. The smallest absolute Gasteiger partial charge is 0.248 e. The molecule has 2 aliphatic heterocycles. The molecule has 0 aromatic carbocycles. The zero-order valence-corrected chi connectivity index (χ0v) is 11.2. The van der Waals surface area contributed by atoms with Crippen molar-refractivity contribution in [3.8, 4) is 0 Å². The van der Waals surface area contributed by atoms with E-state index in [2.05, 4.69) is 5.32 Å². The summed E-state index contributed by atoms with van der Waals surface area (Å²) in [6.07, 6.45) is 4.48. The van der Waals surface area contributed by atoms with Crippen LogP contribution < -0.4 is 5.32 Å². The second kappa shape index (κ2) is 5.26. The number of amides is 2. The predicted molar refractivity (Wildman–Crippen MR) is 67.0 cm³/mol. The van der Waals surface area contributed by atoms with E-state index in [0.29, 0.717) is 6.54 Å². The molecule has 2 fully saturated rings. The van der Waals surface area contributed by atoms with Crippen LogP contribution in [0.3, 0.4) is 0 Å². The van der Waals surface area contributed by atoms with Crippen LogP contribution >= 0.6 is 0 Å². The molecule has 0 aromatic heterocycles. The van der Waals surface area contributed by atoms with Gasteiger partial charge < -0.3 is 15.0 Å². The molecule has 1 unspecified atom stereocenters. The van der Waals surface area contributed by atoms with Crippen molar-refractivity contribution in [3.63, 3.8) is 0 Å². The molecule has 5 heteroatoms. The SMILES string of the molecule is CC1(C)NC(=O)CN(CCC2CCCCO2)C1=O. The summed E-state index contributed by atoms with van der Waals surface area (Å²) in [6, 6.07) is 0. The fourth-order valence-corrected chi connectivity index (χ4v) is 2.60. The van der Waals surface area contributed by atoms with Crippen LogP contribution in [0, 0.1) is 0 Å². The van der Waals surface area contributed by atoms with Gasteiger partial charge >= 0.3 is 0 Å². The zero-order chi connectivity index (χ0) is 13.2. The maximum Gasteiger partial charge on any atom is 0.248 e. The van der Waals surface area contributed by atoms with Crippen LogP contribution in [-0.4, -0.2) is 48.1 Å². The Morgan fingerprint density at radius 3 is 2.83 bits per heavy atom. The molecule has 0 aromatic rings. The van der Waals surface area contributed by atoms with Crippen molar-refractivity contribution in [2.75, 3.05) is 19.7 Å². The van der Waals surface area contributed by atoms with E-state index in [9.17, 15) is 9.59 Å². The number of carbonyl (C=O) groups excluding carboxylic acids is 2. The number of nitrogens with zero attached hydrogens (tertiary/aromatic N) is 1. The van der Waals surface area contributed by atoms with Crippen LogP contribution in [0.25, 0.3) is 0 Å². The lowest BCUT2D eigenvalue weighted by atomic mass is 9.99. The molecule has 2 amide bonds. The van der Waals surface area contributed by atoms with E-state index in [1.165, 1.54) is 6.42 Å². The van der Waals surface area contributed by atoms with Crippen molar-refractivity contribution in [1.29, 1.82) is 0 Å². The summed E-state index contributed by atoms with van der Waals surface area (Å²) in [4.78, 5) is 25.3. The molecule has 0 aliphatic carbocycles. The van der Waals surface area contributed by atoms with Gasteiger partial charge in [0, 0.05) is 13.2 Å². The lowest BCUT2D eigenvalue weighted by Crippen LogP contribution is -2.64. The Morgan fingerprint density at radius 2 is 2.17 bits per heavy atom. The van der Waals surface area contributed by atoms with Crippen molar-refractivity contribution in [3.05, 3.63) is 0 Å². The molecule has 0 saturated carbocycles. The normalized spacial score (nSPS) is 28.1. The highest BCUT2D eigenvalue weighted by Gasteiger charge is 2.38. The summed E-state index contributed by atoms with van der Waals surface area (Å²) in [5, 5.41) is 2.71. The lowest BCUT2D eigenvalue weighted by Gasteiger charge is -2.38. The standard InChI is InChI=1S/C13H22N2O3/c1-13(2)12(17)15(9-11(16)14-13)7-6-10-5-3-4-8-18-10/h10H,3-9H2,1-2H3,(H,14,16). The van der Waals surface area contributed by atoms with Gasteiger partial charge in [0.15, 0.2) is 0 Å². The van der Waals surface area contributed by atoms with Gasteiger partial charge in [-0.25, -0.2) is 0 Å². The highest BCUT2D eigenvalue weighted by Crippen LogP contribution is 2.18. The van der Waals surface area contributed by atoms with E-state index in [1.807, 2.05) is 0 Å². The summed E-state index contributed by atoms with van der Waals surface area (Å²) in [5.41, 5.74) is -0.775. The summed E-state index contributed by atoms with van der Waals surface area (Å²) >= 11 is 0. The number of piperazine rings is 1. The third kappa shape index (κ3) is 3.02. The third-order valence-corrected chi connectivity index (χ3v) is 3.60. The Balaban J connectivity index is 1.87. The van der Waals surface area contributed by atoms with Gasteiger partial charge in [0.2, 0.25) is 11.8 Å². The number of rotatable bonds is 3. The number of hydrogen-bond acceptors (Lipinski definition) is 3. The van der Waals surface area contributed by atoms with Crippen LogP contribution in [0.4, 0.5) is 0 Å². The highest BCUT2D eigenvalue weighted by atomic mass is 16.5. The maximum absolute atomic E-state index is 12.1. The molecular formula is C13H22N2O3. The number of nitrogens with one attached hydrogen (secondary N) is 1. The van der Waals surface area contributed by atoms with E-state index >= 15 is 0 Å². The number of ether oxygens (including phenoxy) is 1. The molecule has 5 nitrogen and oxygen atoms in total. The number of carbonyl (C=O) groups is 2. The fourth-order valence-electron chi connectivity index (χ4n) is 2.60. The highest BCUT2D eigenvalue weighted by molar-refractivity contribution is 5.97. The molecule has 2 saturated heterocycles. The monoisotopic (exact) mass is 254 g/mol. The van der Waals surface area contributed by atoms with Crippen LogP contribution in [0.5, 0.6) is 0 Å². The first kappa shape index (κ1) is 13.3. The fraction of sp³-hybridized carbons (Fsp3) is 0.846. The average molecular weight is 254 g/mol. The molecule has 2 rings (SSSR count). The van der Waals surface area contributed by atoms with Gasteiger partial charge in [-0.05, 0) is 39.5 Å². The van der Waals surface area contributed by atoms with Crippen molar-refractivity contribution in [1.82, 2.24) is 10.2 Å². The second-order valence-electron chi connectivity index (χ2n) is 5.68. The average Bonchev–Trinajstić information content (AvgIpc) is 2.33. The van der Waals surface area contributed by atoms with Crippen molar-refractivity contribution in [2.45, 2.75) is 51.2 Å². The van der Waals surface area contributed by atoms with E-state index in [4.69, 9.17) is 4.74 Å². The van der Waals surface area contributed by atoms with Crippen molar-refractivity contribution in [2.24, 2.45) is 0 Å². The van der Waals surface area contributed by atoms with Crippen LogP contribution in [-0.2, 0) is 14.3 Å². The van der Waals surface area contributed by atoms with Crippen LogP contribution in [0.2, 0.25) is 0 Å². The predicted octanol–water partition coefficient (Wildman–Crippen LogP) is 0.683. The Morgan fingerprint density at radius 1 is 1.39 bits per heavy atom. The first-order valence-electron chi connectivity index (χ1n) is 6.71. The van der Waals surface area contributed by atoms with E-state index in [1.54, 1.807) is 18.7 Å². The first-order valence-corrected chi connectivity index (χ1v) is 6.71. The van der Waals surface area contributed by atoms with E-state index in [0.717, 1.165) is 25.9 Å². The van der Waals surface area contributed by atoms with E-state index < -0.39 is 5.54 Å². The van der Waals surface area contributed by atoms with Gasteiger partial charge in [-0.2, -0.15) is 0 Å². The van der Waals surface area contributed by atoms with Gasteiger partial charge in [0.1, 0.15) is 5.54 Å². The third-order valence-electron chi connectivity index (χ3n) is 3.60. The summed E-state index contributed by atoms with van der Waals surface area (Å²) in [5.74, 6) is -0.0814. The topological polar surface area (TPSA) is 58.6 Å². The molecule has 18 heavy (non-hydrogen) atoms. The van der Waals surface area contributed by atoms with Crippen LogP contribution in [0.1, 0.15) is 39.5 Å².